The molecule has 2 heterocycles. The predicted molar refractivity (Wildman–Crippen MR) is 65.8 cm³/mol. The van der Waals surface area contributed by atoms with Crippen molar-refractivity contribution < 1.29 is 8.42 Å². The molecule has 1 aromatic rings. The summed E-state index contributed by atoms with van der Waals surface area (Å²) in [6.45, 7) is 3.22. The Labute approximate surface area is 102 Å². The Hall–Kier alpha value is -1.14. The largest absolute Gasteiger partial charge is 0.396 e. The van der Waals surface area contributed by atoms with E-state index in [9.17, 15) is 8.42 Å². The van der Waals surface area contributed by atoms with Crippen LogP contribution in [0, 0.1) is 5.92 Å². The SMILES string of the molecule is CCC1CCN(S(=O)(=O)c2ncccc2N)C1. The number of nitrogens with two attached hydrogens (primary N) is 1. The van der Waals surface area contributed by atoms with Gasteiger partial charge in [-0.05, 0) is 24.5 Å². The van der Waals surface area contributed by atoms with Gasteiger partial charge in [0.2, 0.25) is 0 Å². The van der Waals surface area contributed by atoms with Gasteiger partial charge in [0.25, 0.3) is 10.0 Å². The highest BCUT2D eigenvalue weighted by molar-refractivity contribution is 7.89. The molecule has 0 radical (unpaired) electrons. The third kappa shape index (κ3) is 2.28. The van der Waals surface area contributed by atoms with Gasteiger partial charge in [-0.1, -0.05) is 13.3 Å². The molecule has 2 rings (SSSR count). The molecular formula is C11H17N3O2S. The number of nitrogen functional groups attached to an aromatic ring is 1. The molecule has 94 valence electrons. The normalized spacial score (nSPS) is 21.8. The Balaban J connectivity index is 2.29. The summed E-state index contributed by atoms with van der Waals surface area (Å²) in [7, 11) is -3.52. The first-order valence-corrected chi connectivity index (χ1v) is 7.20. The summed E-state index contributed by atoms with van der Waals surface area (Å²) in [6, 6.07) is 3.19. The molecule has 1 atom stereocenters. The van der Waals surface area contributed by atoms with Gasteiger partial charge in [-0.15, -0.1) is 0 Å². The maximum atomic E-state index is 12.3. The number of anilines is 1. The van der Waals surface area contributed by atoms with Gasteiger partial charge < -0.3 is 5.73 Å². The first kappa shape index (κ1) is 12.3. The Morgan fingerprint density at radius 1 is 1.59 bits per heavy atom. The molecule has 1 aliphatic rings. The molecule has 0 amide bonds. The van der Waals surface area contributed by atoms with E-state index in [2.05, 4.69) is 11.9 Å². The molecule has 0 aliphatic carbocycles. The van der Waals surface area contributed by atoms with Crippen LogP contribution in [0.25, 0.3) is 0 Å². The maximum absolute atomic E-state index is 12.3. The minimum Gasteiger partial charge on any atom is -0.396 e. The molecular weight excluding hydrogens is 238 g/mol. The summed E-state index contributed by atoms with van der Waals surface area (Å²) in [6.07, 6.45) is 3.38. The van der Waals surface area contributed by atoms with Gasteiger partial charge in [-0.3, -0.25) is 0 Å². The zero-order valence-electron chi connectivity index (χ0n) is 9.83. The van der Waals surface area contributed by atoms with Crippen LogP contribution in [0.2, 0.25) is 0 Å². The smallest absolute Gasteiger partial charge is 0.262 e. The van der Waals surface area contributed by atoms with E-state index < -0.39 is 10.0 Å². The van der Waals surface area contributed by atoms with Gasteiger partial charge in [-0.25, -0.2) is 13.4 Å². The van der Waals surface area contributed by atoms with Crippen LogP contribution >= 0.6 is 0 Å². The minimum atomic E-state index is -3.52. The summed E-state index contributed by atoms with van der Waals surface area (Å²) in [5, 5.41) is -0.0169. The molecule has 17 heavy (non-hydrogen) atoms. The second-order valence-corrected chi connectivity index (χ2v) is 6.18. The molecule has 1 aromatic heterocycles. The molecule has 2 N–H and O–H groups in total. The molecule has 6 heteroatoms. The Kier molecular flexibility index (Phi) is 3.35. The zero-order chi connectivity index (χ0) is 12.5. The number of pyridine rings is 1. The molecule has 1 fully saturated rings. The lowest BCUT2D eigenvalue weighted by molar-refractivity contribution is 0.451. The molecule has 0 bridgehead atoms. The van der Waals surface area contributed by atoms with Crippen LogP contribution in [0.1, 0.15) is 19.8 Å². The maximum Gasteiger partial charge on any atom is 0.262 e. The fraction of sp³-hybridized carbons (Fsp3) is 0.545. The summed E-state index contributed by atoms with van der Waals surface area (Å²) in [5.74, 6) is 0.453. The number of aromatic nitrogens is 1. The van der Waals surface area contributed by atoms with Crippen molar-refractivity contribution >= 4 is 15.7 Å². The first-order chi connectivity index (χ1) is 8.05. The number of rotatable bonds is 3. The van der Waals surface area contributed by atoms with Crippen molar-refractivity contribution in [3.8, 4) is 0 Å². The van der Waals surface area contributed by atoms with Crippen LogP contribution in [0.3, 0.4) is 0 Å². The third-order valence-electron chi connectivity index (χ3n) is 3.21. The molecule has 0 spiro atoms. The average Bonchev–Trinajstić information content (AvgIpc) is 2.78. The standard InChI is InChI=1S/C11H17N3O2S/c1-2-9-5-7-14(8-9)17(15,16)11-10(12)4-3-6-13-11/h3-4,6,9H,2,5,7-8,12H2,1H3. The third-order valence-corrected chi connectivity index (χ3v) is 5.05. The number of sulfonamides is 1. The van der Waals surface area contributed by atoms with Crippen molar-refractivity contribution in [2.45, 2.75) is 24.8 Å². The topological polar surface area (TPSA) is 76.3 Å². The van der Waals surface area contributed by atoms with E-state index in [4.69, 9.17) is 5.73 Å². The molecule has 0 aromatic carbocycles. The van der Waals surface area contributed by atoms with Crippen molar-refractivity contribution in [1.82, 2.24) is 9.29 Å². The number of nitrogens with zero attached hydrogens (tertiary/aromatic N) is 2. The van der Waals surface area contributed by atoms with Crippen LogP contribution in [0.15, 0.2) is 23.4 Å². The molecule has 1 unspecified atom stereocenters. The monoisotopic (exact) mass is 255 g/mol. The summed E-state index contributed by atoms with van der Waals surface area (Å²) >= 11 is 0. The highest BCUT2D eigenvalue weighted by Gasteiger charge is 2.33. The second-order valence-electron chi connectivity index (χ2n) is 4.32. The zero-order valence-corrected chi connectivity index (χ0v) is 10.7. The summed E-state index contributed by atoms with van der Waals surface area (Å²) < 4.78 is 26.1. The van der Waals surface area contributed by atoms with Crippen molar-refractivity contribution in [3.05, 3.63) is 18.3 Å². The van der Waals surface area contributed by atoms with E-state index in [0.717, 1.165) is 12.8 Å². The van der Waals surface area contributed by atoms with Crippen LogP contribution in [-0.2, 0) is 10.0 Å². The number of hydrogen-bond donors (Lipinski definition) is 1. The van der Waals surface area contributed by atoms with Gasteiger partial charge in [0.15, 0.2) is 5.03 Å². The van der Waals surface area contributed by atoms with Crippen LogP contribution < -0.4 is 5.73 Å². The van der Waals surface area contributed by atoms with Gasteiger partial charge in [-0.2, -0.15) is 4.31 Å². The summed E-state index contributed by atoms with van der Waals surface area (Å²) in [5.41, 5.74) is 5.89. The van der Waals surface area contributed by atoms with E-state index in [0.29, 0.717) is 19.0 Å². The highest BCUT2D eigenvalue weighted by atomic mass is 32.2. The molecule has 5 nitrogen and oxygen atoms in total. The Morgan fingerprint density at radius 2 is 2.35 bits per heavy atom. The average molecular weight is 255 g/mol. The van der Waals surface area contributed by atoms with Crippen LogP contribution in [-0.4, -0.2) is 30.8 Å². The quantitative estimate of drug-likeness (QED) is 0.877. The predicted octanol–water partition coefficient (Wildman–Crippen LogP) is 1.08. The Morgan fingerprint density at radius 3 is 2.94 bits per heavy atom. The fourth-order valence-electron chi connectivity index (χ4n) is 2.09. The van der Waals surface area contributed by atoms with Gasteiger partial charge in [0.1, 0.15) is 0 Å². The van der Waals surface area contributed by atoms with Crippen LogP contribution in [0.5, 0.6) is 0 Å². The first-order valence-electron chi connectivity index (χ1n) is 5.76. The lowest BCUT2D eigenvalue weighted by Crippen LogP contribution is -2.30. The highest BCUT2D eigenvalue weighted by Crippen LogP contribution is 2.27. The lowest BCUT2D eigenvalue weighted by atomic mass is 10.1. The van der Waals surface area contributed by atoms with Crippen LogP contribution in [0.4, 0.5) is 5.69 Å². The lowest BCUT2D eigenvalue weighted by Gasteiger charge is -2.16. The minimum absolute atomic E-state index is 0.0169. The summed E-state index contributed by atoms with van der Waals surface area (Å²) in [4.78, 5) is 3.89. The van der Waals surface area contributed by atoms with Crippen molar-refractivity contribution in [2.75, 3.05) is 18.8 Å². The van der Waals surface area contributed by atoms with E-state index in [1.165, 1.54) is 10.5 Å². The van der Waals surface area contributed by atoms with E-state index in [1.54, 1.807) is 12.1 Å². The van der Waals surface area contributed by atoms with E-state index in [1.807, 2.05) is 0 Å². The number of hydrogen-bond acceptors (Lipinski definition) is 4. The fourth-order valence-corrected chi connectivity index (χ4v) is 3.65. The molecule has 1 aliphatic heterocycles. The van der Waals surface area contributed by atoms with Gasteiger partial charge in [0.05, 0.1) is 5.69 Å². The molecule has 0 saturated carbocycles. The van der Waals surface area contributed by atoms with E-state index in [-0.39, 0.29) is 10.7 Å². The Bertz CT molecular complexity index is 501. The second kappa shape index (κ2) is 4.62. The van der Waals surface area contributed by atoms with E-state index >= 15 is 0 Å². The van der Waals surface area contributed by atoms with Gasteiger partial charge in [0, 0.05) is 19.3 Å². The molecule has 1 saturated heterocycles. The van der Waals surface area contributed by atoms with Crippen molar-refractivity contribution in [1.29, 1.82) is 0 Å². The van der Waals surface area contributed by atoms with Crippen molar-refractivity contribution in [2.24, 2.45) is 5.92 Å². The van der Waals surface area contributed by atoms with Crippen molar-refractivity contribution in [3.63, 3.8) is 0 Å². The van der Waals surface area contributed by atoms with Gasteiger partial charge >= 0.3 is 0 Å².